The van der Waals surface area contributed by atoms with Crippen LogP contribution in [0.1, 0.15) is 25.8 Å². The van der Waals surface area contributed by atoms with Gasteiger partial charge in [-0.05, 0) is 42.2 Å². The molecule has 0 unspecified atom stereocenters. The van der Waals surface area contributed by atoms with E-state index in [0.717, 1.165) is 16.5 Å². The van der Waals surface area contributed by atoms with Crippen molar-refractivity contribution in [3.05, 3.63) is 39.9 Å². The molecule has 1 aromatic rings. The van der Waals surface area contributed by atoms with Crippen LogP contribution in [0.3, 0.4) is 0 Å². The number of aliphatic hydroxyl groups is 1. The van der Waals surface area contributed by atoms with Gasteiger partial charge in [0.1, 0.15) is 0 Å². The van der Waals surface area contributed by atoms with Crippen LogP contribution in [-0.2, 0) is 0 Å². The number of rotatable bonds is 3. The highest BCUT2D eigenvalue weighted by molar-refractivity contribution is 9.10. The fourth-order valence-corrected chi connectivity index (χ4v) is 1.66. The second-order valence-corrected chi connectivity index (χ2v) is 4.16. The minimum atomic E-state index is 0.151. The molecule has 1 aromatic carbocycles. The molecule has 0 amide bonds. The van der Waals surface area contributed by atoms with Gasteiger partial charge in [-0.25, -0.2) is 0 Å². The highest BCUT2D eigenvalue weighted by Gasteiger charge is 2.01. The monoisotopic (exact) mass is 254 g/mol. The van der Waals surface area contributed by atoms with E-state index in [1.807, 2.05) is 12.1 Å². The van der Waals surface area contributed by atoms with Crippen molar-refractivity contribution < 1.29 is 5.11 Å². The standard InChI is InChI=1S/C12H15BrO/c1-3-10(8-14)9(2)11-4-6-12(13)7-5-11/h4-7,14H,3,8H2,1-2H3/b10-9-. The molecule has 0 aliphatic carbocycles. The van der Waals surface area contributed by atoms with Gasteiger partial charge < -0.3 is 5.11 Å². The maximum atomic E-state index is 9.15. The second-order valence-electron chi connectivity index (χ2n) is 3.25. The van der Waals surface area contributed by atoms with Gasteiger partial charge >= 0.3 is 0 Å². The first-order valence-corrected chi connectivity index (χ1v) is 5.53. The summed E-state index contributed by atoms with van der Waals surface area (Å²) in [5.74, 6) is 0. The van der Waals surface area contributed by atoms with Gasteiger partial charge in [-0.15, -0.1) is 0 Å². The molecule has 0 bridgehead atoms. The van der Waals surface area contributed by atoms with E-state index in [1.54, 1.807) is 0 Å². The Morgan fingerprint density at radius 3 is 2.29 bits per heavy atom. The third kappa shape index (κ3) is 2.69. The minimum Gasteiger partial charge on any atom is -0.392 e. The molecule has 1 rings (SSSR count). The third-order valence-electron chi connectivity index (χ3n) is 2.43. The minimum absolute atomic E-state index is 0.151. The molecule has 76 valence electrons. The lowest BCUT2D eigenvalue weighted by molar-refractivity contribution is 0.328. The molecule has 0 aliphatic heterocycles. The number of halogens is 1. The zero-order valence-electron chi connectivity index (χ0n) is 8.55. The smallest absolute Gasteiger partial charge is 0.0647 e. The van der Waals surface area contributed by atoms with E-state index >= 15 is 0 Å². The number of benzene rings is 1. The van der Waals surface area contributed by atoms with Gasteiger partial charge in [0.25, 0.3) is 0 Å². The molecule has 2 heteroatoms. The maximum Gasteiger partial charge on any atom is 0.0647 e. The first-order chi connectivity index (χ1) is 6.69. The van der Waals surface area contributed by atoms with Crippen LogP contribution in [-0.4, -0.2) is 11.7 Å². The molecule has 0 aliphatic rings. The first kappa shape index (κ1) is 11.5. The Bertz CT molecular complexity index is 319. The highest BCUT2D eigenvalue weighted by Crippen LogP contribution is 2.21. The van der Waals surface area contributed by atoms with Gasteiger partial charge in [-0.2, -0.15) is 0 Å². The summed E-state index contributed by atoms with van der Waals surface area (Å²) in [6.45, 7) is 4.27. The Labute approximate surface area is 93.6 Å². The average molecular weight is 255 g/mol. The molecule has 0 saturated heterocycles. The van der Waals surface area contributed by atoms with Crippen molar-refractivity contribution >= 4 is 21.5 Å². The van der Waals surface area contributed by atoms with Crippen molar-refractivity contribution in [2.75, 3.05) is 6.61 Å². The fourth-order valence-electron chi connectivity index (χ4n) is 1.40. The molecular formula is C12H15BrO. The quantitative estimate of drug-likeness (QED) is 0.874. The maximum absolute atomic E-state index is 9.15. The molecule has 0 fully saturated rings. The van der Waals surface area contributed by atoms with Crippen LogP contribution in [0.15, 0.2) is 34.3 Å². The van der Waals surface area contributed by atoms with Crippen molar-refractivity contribution in [2.45, 2.75) is 20.3 Å². The van der Waals surface area contributed by atoms with E-state index in [0.29, 0.717) is 0 Å². The number of allylic oxidation sites excluding steroid dienone is 1. The molecule has 0 heterocycles. The van der Waals surface area contributed by atoms with E-state index in [9.17, 15) is 0 Å². The normalized spacial score (nSPS) is 12.6. The van der Waals surface area contributed by atoms with E-state index in [2.05, 4.69) is 41.9 Å². The number of hydrogen-bond acceptors (Lipinski definition) is 1. The summed E-state index contributed by atoms with van der Waals surface area (Å²) >= 11 is 3.40. The van der Waals surface area contributed by atoms with Crippen molar-refractivity contribution in [1.82, 2.24) is 0 Å². The van der Waals surface area contributed by atoms with Crippen LogP contribution in [0.5, 0.6) is 0 Å². The Hall–Kier alpha value is -0.600. The number of hydrogen-bond donors (Lipinski definition) is 1. The lowest BCUT2D eigenvalue weighted by Gasteiger charge is -2.08. The summed E-state index contributed by atoms with van der Waals surface area (Å²) in [5, 5.41) is 9.15. The summed E-state index contributed by atoms with van der Waals surface area (Å²) in [7, 11) is 0. The van der Waals surface area contributed by atoms with Crippen LogP contribution in [0.25, 0.3) is 5.57 Å². The van der Waals surface area contributed by atoms with Gasteiger partial charge in [0.15, 0.2) is 0 Å². The molecule has 0 atom stereocenters. The topological polar surface area (TPSA) is 20.2 Å². The molecule has 0 radical (unpaired) electrons. The van der Waals surface area contributed by atoms with Crippen LogP contribution in [0.4, 0.5) is 0 Å². The average Bonchev–Trinajstić information content (AvgIpc) is 2.20. The molecular weight excluding hydrogens is 240 g/mol. The molecule has 0 aromatic heterocycles. The zero-order chi connectivity index (χ0) is 10.6. The van der Waals surface area contributed by atoms with Gasteiger partial charge in [-0.1, -0.05) is 35.0 Å². The van der Waals surface area contributed by atoms with Gasteiger partial charge in [-0.3, -0.25) is 0 Å². The Morgan fingerprint density at radius 1 is 1.29 bits per heavy atom. The van der Waals surface area contributed by atoms with Gasteiger partial charge in [0.2, 0.25) is 0 Å². The fraction of sp³-hybridized carbons (Fsp3) is 0.333. The van der Waals surface area contributed by atoms with E-state index in [4.69, 9.17) is 5.11 Å². The van der Waals surface area contributed by atoms with E-state index in [-0.39, 0.29) is 6.61 Å². The Kier molecular flexibility index (Phi) is 4.36. The predicted molar refractivity (Wildman–Crippen MR) is 64.1 cm³/mol. The number of aliphatic hydroxyl groups excluding tert-OH is 1. The lowest BCUT2D eigenvalue weighted by atomic mass is 10.0. The molecule has 14 heavy (non-hydrogen) atoms. The SMILES string of the molecule is CC/C(CO)=C(\C)c1ccc(Br)cc1. The van der Waals surface area contributed by atoms with Crippen molar-refractivity contribution in [2.24, 2.45) is 0 Å². The van der Waals surface area contributed by atoms with E-state index in [1.165, 1.54) is 11.1 Å². The second kappa shape index (κ2) is 5.32. The van der Waals surface area contributed by atoms with Crippen LogP contribution >= 0.6 is 15.9 Å². The zero-order valence-corrected chi connectivity index (χ0v) is 10.1. The lowest BCUT2D eigenvalue weighted by Crippen LogP contribution is -1.93. The summed E-state index contributed by atoms with van der Waals surface area (Å²) in [5.41, 5.74) is 3.47. The third-order valence-corrected chi connectivity index (χ3v) is 2.95. The van der Waals surface area contributed by atoms with E-state index < -0.39 is 0 Å². The van der Waals surface area contributed by atoms with Crippen LogP contribution in [0, 0.1) is 0 Å². The van der Waals surface area contributed by atoms with Crippen LogP contribution in [0.2, 0.25) is 0 Å². The largest absolute Gasteiger partial charge is 0.392 e. The molecule has 1 N–H and O–H groups in total. The highest BCUT2D eigenvalue weighted by atomic mass is 79.9. The molecule has 0 saturated carbocycles. The van der Waals surface area contributed by atoms with Gasteiger partial charge in [0.05, 0.1) is 6.61 Å². The summed E-state index contributed by atoms with van der Waals surface area (Å²) in [6.07, 6.45) is 0.901. The summed E-state index contributed by atoms with van der Waals surface area (Å²) in [4.78, 5) is 0. The molecule has 0 spiro atoms. The van der Waals surface area contributed by atoms with Crippen LogP contribution < -0.4 is 0 Å². The molecule has 1 nitrogen and oxygen atoms in total. The van der Waals surface area contributed by atoms with Crippen molar-refractivity contribution in [3.8, 4) is 0 Å². The Balaban J connectivity index is 3.04. The summed E-state index contributed by atoms with van der Waals surface area (Å²) in [6, 6.07) is 8.16. The first-order valence-electron chi connectivity index (χ1n) is 4.74. The van der Waals surface area contributed by atoms with Gasteiger partial charge in [0, 0.05) is 4.47 Å². The Morgan fingerprint density at radius 2 is 1.86 bits per heavy atom. The van der Waals surface area contributed by atoms with Crippen molar-refractivity contribution in [3.63, 3.8) is 0 Å². The van der Waals surface area contributed by atoms with Crippen molar-refractivity contribution in [1.29, 1.82) is 0 Å². The predicted octanol–water partition coefficient (Wildman–Crippen LogP) is 3.62. The summed E-state index contributed by atoms with van der Waals surface area (Å²) < 4.78 is 1.08.